The van der Waals surface area contributed by atoms with Crippen LogP contribution in [0.15, 0.2) is 60.7 Å². The Morgan fingerprint density at radius 3 is 1.75 bits per heavy atom. The van der Waals surface area contributed by atoms with Crippen LogP contribution in [0, 0.1) is 0 Å². The van der Waals surface area contributed by atoms with E-state index in [-0.39, 0.29) is 11.3 Å². The van der Waals surface area contributed by atoms with E-state index in [1.807, 2.05) is 0 Å². The number of methoxy groups -OCH3 is 4. The van der Waals surface area contributed by atoms with Gasteiger partial charge in [0.25, 0.3) is 11.8 Å². The minimum atomic E-state index is -0.443. The molecule has 0 saturated heterocycles. The van der Waals surface area contributed by atoms with Crippen LogP contribution in [-0.4, -0.2) is 40.3 Å². The summed E-state index contributed by atoms with van der Waals surface area (Å²) in [5.41, 5.74) is 1.34. The maximum absolute atomic E-state index is 13.0. The van der Waals surface area contributed by atoms with Gasteiger partial charge in [-0.15, -0.1) is 0 Å². The number of ether oxygens (including phenoxy) is 4. The van der Waals surface area contributed by atoms with Crippen molar-refractivity contribution in [2.24, 2.45) is 0 Å². The number of nitrogens with one attached hydrogen (secondary N) is 2. The number of hydrogen-bond donors (Lipinski definition) is 2. The Kier molecular flexibility index (Phi) is 7.17. The van der Waals surface area contributed by atoms with Gasteiger partial charge in [0.05, 0.1) is 50.9 Å². The molecule has 2 N–H and O–H groups in total. The highest BCUT2D eigenvalue weighted by molar-refractivity contribution is 6.10. The van der Waals surface area contributed by atoms with Crippen LogP contribution in [-0.2, 0) is 0 Å². The molecule has 0 spiro atoms. The average molecular weight is 436 g/mol. The maximum atomic E-state index is 13.0. The summed E-state index contributed by atoms with van der Waals surface area (Å²) in [5.74, 6) is 0.692. The average Bonchev–Trinajstić information content (AvgIpc) is 2.83. The van der Waals surface area contributed by atoms with Crippen LogP contribution in [0.4, 0.5) is 11.4 Å². The first-order chi connectivity index (χ1) is 15.5. The van der Waals surface area contributed by atoms with Crippen molar-refractivity contribution in [1.82, 2.24) is 0 Å². The molecule has 166 valence electrons. The third-order valence-corrected chi connectivity index (χ3v) is 4.72. The zero-order chi connectivity index (χ0) is 23.1. The van der Waals surface area contributed by atoms with Gasteiger partial charge in [0.1, 0.15) is 23.0 Å². The van der Waals surface area contributed by atoms with Gasteiger partial charge in [-0.1, -0.05) is 24.3 Å². The lowest BCUT2D eigenvalue weighted by Gasteiger charge is -2.17. The summed E-state index contributed by atoms with van der Waals surface area (Å²) >= 11 is 0. The third-order valence-electron chi connectivity index (χ3n) is 4.72. The first kappa shape index (κ1) is 22.5. The molecular weight excluding hydrogens is 412 g/mol. The first-order valence-corrected chi connectivity index (χ1v) is 9.67. The molecule has 0 aliphatic rings. The van der Waals surface area contributed by atoms with E-state index < -0.39 is 11.8 Å². The lowest BCUT2D eigenvalue weighted by atomic mass is 10.1. The zero-order valence-electron chi connectivity index (χ0n) is 18.2. The third kappa shape index (κ3) is 4.75. The Balaban J connectivity index is 1.96. The second-order valence-electron chi connectivity index (χ2n) is 6.56. The molecule has 0 heterocycles. The van der Waals surface area contributed by atoms with Crippen LogP contribution in [0.1, 0.15) is 20.7 Å². The van der Waals surface area contributed by atoms with E-state index in [0.717, 1.165) is 0 Å². The van der Waals surface area contributed by atoms with Crippen LogP contribution < -0.4 is 29.6 Å². The van der Waals surface area contributed by atoms with Crippen LogP contribution in [0.3, 0.4) is 0 Å². The predicted octanol–water partition coefficient (Wildman–Crippen LogP) is 4.23. The largest absolute Gasteiger partial charge is 0.496 e. The molecule has 8 heteroatoms. The molecule has 0 aliphatic carbocycles. The van der Waals surface area contributed by atoms with Gasteiger partial charge in [0.2, 0.25) is 0 Å². The van der Waals surface area contributed by atoms with Crippen LogP contribution in [0.25, 0.3) is 0 Å². The topological polar surface area (TPSA) is 95.1 Å². The van der Waals surface area contributed by atoms with Gasteiger partial charge in [0, 0.05) is 6.07 Å². The quantitative estimate of drug-likeness (QED) is 0.549. The van der Waals surface area contributed by atoms with Crippen molar-refractivity contribution < 1.29 is 28.5 Å². The van der Waals surface area contributed by atoms with Crippen LogP contribution >= 0.6 is 0 Å². The van der Waals surface area contributed by atoms with Crippen LogP contribution in [0.2, 0.25) is 0 Å². The predicted molar refractivity (Wildman–Crippen MR) is 121 cm³/mol. The molecular formula is C24H24N2O6. The van der Waals surface area contributed by atoms with Gasteiger partial charge in [-0.25, -0.2) is 0 Å². The summed E-state index contributed by atoms with van der Waals surface area (Å²) in [7, 11) is 5.91. The zero-order valence-corrected chi connectivity index (χ0v) is 18.2. The number of benzene rings is 3. The van der Waals surface area contributed by atoms with E-state index in [2.05, 4.69) is 10.6 Å². The van der Waals surface area contributed by atoms with E-state index in [1.54, 1.807) is 48.5 Å². The molecule has 8 nitrogen and oxygen atoms in total. The molecule has 32 heavy (non-hydrogen) atoms. The highest BCUT2D eigenvalue weighted by atomic mass is 16.5. The van der Waals surface area contributed by atoms with Crippen molar-refractivity contribution in [2.45, 2.75) is 0 Å². The molecule has 3 rings (SSSR count). The Labute approximate surface area is 186 Å². The fourth-order valence-electron chi connectivity index (χ4n) is 3.13. The van der Waals surface area contributed by atoms with Gasteiger partial charge < -0.3 is 29.6 Å². The number of anilines is 2. The first-order valence-electron chi connectivity index (χ1n) is 9.67. The Hall–Kier alpha value is -4.20. The molecule has 0 bridgehead atoms. The Bertz CT molecular complexity index is 1130. The molecule has 0 atom stereocenters. The molecule has 2 amide bonds. The van der Waals surface area contributed by atoms with Gasteiger partial charge in [-0.3, -0.25) is 9.59 Å². The van der Waals surface area contributed by atoms with E-state index >= 15 is 0 Å². The van der Waals surface area contributed by atoms with Crippen LogP contribution in [0.5, 0.6) is 23.0 Å². The minimum absolute atomic E-state index is 0.203. The SMILES string of the molecule is COc1ccccc1NC(=O)c1cc(NC(=O)c2ccccc2OC)c(OC)cc1OC. The fraction of sp³-hybridized carbons (Fsp3) is 0.167. The fourth-order valence-corrected chi connectivity index (χ4v) is 3.13. The highest BCUT2D eigenvalue weighted by Gasteiger charge is 2.21. The number of amides is 2. The second kappa shape index (κ2) is 10.2. The number of carbonyl (C=O) groups excluding carboxylic acids is 2. The van der Waals surface area contributed by atoms with Crippen molar-refractivity contribution >= 4 is 23.2 Å². The number of hydrogen-bond acceptors (Lipinski definition) is 6. The van der Waals surface area contributed by atoms with Crippen molar-refractivity contribution in [3.63, 3.8) is 0 Å². The van der Waals surface area contributed by atoms with Crippen molar-refractivity contribution in [1.29, 1.82) is 0 Å². The summed E-state index contributed by atoms with van der Waals surface area (Å²) in [4.78, 5) is 25.9. The lowest BCUT2D eigenvalue weighted by Crippen LogP contribution is -2.17. The molecule has 0 aliphatic heterocycles. The van der Waals surface area contributed by atoms with Crippen molar-refractivity contribution in [3.05, 3.63) is 71.8 Å². The number of carbonyl (C=O) groups is 2. The van der Waals surface area contributed by atoms with E-state index in [0.29, 0.717) is 34.2 Å². The maximum Gasteiger partial charge on any atom is 0.259 e. The van der Waals surface area contributed by atoms with Gasteiger partial charge >= 0.3 is 0 Å². The second-order valence-corrected chi connectivity index (χ2v) is 6.56. The Morgan fingerprint density at radius 1 is 0.562 bits per heavy atom. The summed E-state index contributed by atoms with van der Waals surface area (Å²) < 4.78 is 21.3. The van der Waals surface area contributed by atoms with Crippen molar-refractivity contribution in [3.8, 4) is 23.0 Å². The molecule has 0 fully saturated rings. The number of para-hydroxylation sites is 3. The molecule has 3 aromatic carbocycles. The molecule has 0 radical (unpaired) electrons. The Morgan fingerprint density at radius 2 is 1.09 bits per heavy atom. The smallest absolute Gasteiger partial charge is 0.259 e. The molecule has 3 aromatic rings. The van der Waals surface area contributed by atoms with Gasteiger partial charge in [-0.2, -0.15) is 0 Å². The highest BCUT2D eigenvalue weighted by Crippen LogP contribution is 2.35. The summed E-state index contributed by atoms with van der Waals surface area (Å²) in [6.07, 6.45) is 0. The summed E-state index contributed by atoms with van der Waals surface area (Å²) in [6.45, 7) is 0. The van der Waals surface area contributed by atoms with Gasteiger partial charge in [0.15, 0.2) is 0 Å². The van der Waals surface area contributed by atoms with Gasteiger partial charge in [-0.05, 0) is 30.3 Å². The standard InChI is InChI=1S/C24H24N2O6/c1-29-19-11-7-5-9-15(19)23(27)26-18-13-16(21(31-3)14-22(18)32-4)24(28)25-17-10-6-8-12-20(17)30-2/h5-14H,1-4H3,(H,25,28)(H,26,27). The monoisotopic (exact) mass is 436 g/mol. The van der Waals surface area contributed by atoms with E-state index in [1.165, 1.54) is 40.6 Å². The van der Waals surface area contributed by atoms with E-state index in [9.17, 15) is 9.59 Å². The van der Waals surface area contributed by atoms with Crippen molar-refractivity contribution in [2.75, 3.05) is 39.1 Å². The molecule has 0 unspecified atom stereocenters. The normalized spacial score (nSPS) is 10.1. The molecule has 0 saturated carbocycles. The summed E-state index contributed by atoms with van der Waals surface area (Å²) in [5, 5.41) is 5.58. The minimum Gasteiger partial charge on any atom is -0.496 e. The lowest BCUT2D eigenvalue weighted by molar-refractivity contribution is 0.101. The number of rotatable bonds is 8. The summed E-state index contributed by atoms with van der Waals surface area (Å²) in [6, 6.07) is 16.9. The molecule has 0 aromatic heterocycles. The van der Waals surface area contributed by atoms with E-state index in [4.69, 9.17) is 18.9 Å².